The van der Waals surface area contributed by atoms with Crippen molar-refractivity contribution in [2.45, 2.75) is 6.61 Å². The molecule has 12 heavy (non-hydrogen) atoms. The molecule has 0 aliphatic rings. The third-order valence-corrected chi connectivity index (χ3v) is 1.39. The van der Waals surface area contributed by atoms with Gasteiger partial charge < -0.3 is 9.84 Å². The molecule has 0 atom stereocenters. The molecule has 0 spiro atoms. The first-order valence-corrected chi connectivity index (χ1v) is 3.66. The fraction of sp³-hybridized carbons (Fsp3) is 0.222. The Morgan fingerprint density at radius 3 is 3.17 bits per heavy atom. The van der Waals surface area contributed by atoms with Crippen molar-refractivity contribution in [2.24, 2.45) is 0 Å². The summed E-state index contributed by atoms with van der Waals surface area (Å²) in [7, 11) is 0. The fourth-order valence-corrected chi connectivity index (χ4v) is 0.823. The molecule has 0 aromatic carbocycles. The maximum atomic E-state index is 8.87. The van der Waals surface area contributed by atoms with Crippen molar-refractivity contribution in [3.05, 3.63) is 36.7 Å². The van der Waals surface area contributed by atoms with Crippen molar-refractivity contribution in [2.75, 3.05) is 6.61 Å². The van der Waals surface area contributed by atoms with Crippen molar-refractivity contribution >= 4 is 0 Å². The Morgan fingerprint density at radius 1 is 1.67 bits per heavy atom. The maximum Gasteiger partial charge on any atom is 0.128 e. The first-order chi connectivity index (χ1) is 5.88. The van der Waals surface area contributed by atoms with E-state index in [2.05, 4.69) is 11.6 Å². The normalized spacial score (nSPS) is 9.42. The van der Waals surface area contributed by atoms with Gasteiger partial charge in [0.25, 0.3) is 0 Å². The van der Waals surface area contributed by atoms with Crippen molar-refractivity contribution < 1.29 is 9.84 Å². The second-order valence-corrected chi connectivity index (χ2v) is 2.24. The minimum absolute atomic E-state index is 0.0552. The number of aromatic nitrogens is 1. The van der Waals surface area contributed by atoms with Crippen LogP contribution in [0.5, 0.6) is 5.75 Å². The minimum atomic E-state index is -0.0552. The van der Waals surface area contributed by atoms with Gasteiger partial charge in [0.2, 0.25) is 0 Å². The van der Waals surface area contributed by atoms with Crippen LogP contribution in [0, 0.1) is 0 Å². The summed E-state index contributed by atoms with van der Waals surface area (Å²) >= 11 is 0. The predicted octanol–water partition coefficient (Wildman–Crippen LogP) is 1.14. The summed E-state index contributed by atoms with van der Waals surface area (Å²) in [5.41, 5.74) is 0.694. The SMILES string of the molecule is C=CCOc1ccncc1CO. The van der Waals surface area contributed by atoms with E-state index >= 15 is 0 Å². The summed E-state index contributed by atoms with van der Waals surface area (Å²) in [6.07, 6.45) is 4.86. The molecule has 0 bridgehead atoms. The van der Waals surface area contributed by atoms with Gasteiger partial charge in [-0.25, -0.2) is 0 Å². The van der Waals surface area contributed by atoms with Gasteiger partial charge >= 0.3 is 0 Å². The average Bonchev–Trinajstić information content (AvgIpc) is 2.15. The molecule has 0 saturated carbocycles. The van der Waals surface area contributed by atoms with E-state index in [4.69, 9.17) is 9.84 Å². The molecule has 1 aromatic rings. The number of ether oxygens (including phenoxy) is 1. The zero-order valence-electron chi connectivity index (χ0n) is 6.73. The van der Waals surface area contributed by atoms with E-state index in [1.165, 1.54) is 0 Å². The second-order valence-electron chi connectivity index (χ2n) is 2.24. The predicted molar refractivity (Wildman–Crippen MR) is 45.9 cm³/mol. The number of aliphatic hydroxyl groups is 1. The number of aliphatic hydroxyl groups excluding tert-OH is 1. The monoisotopic (exact) mass is 165 g/mol. The standard InChI is InChI=1S/C9H11NO2/c1-2-5-12-9-3-4-10-6-8(9)7-11/h2-4,6,11H,1,5,7H2. The van der Waals surface area contributed by atoms with E-state index in [1.807, 2.05) is 0 Å². The molecule has 0 aliphatic carbocycles. The Balaban J connectivity index is 2.74. The van der Waals surface area contributed by atoms with Gasteiger partial charge in [-0.05, 0) is 6.07 Å². The minimum Gasteiger partial charge on any atom is -0.489 e. The number of pyridine rings is 1. The highest BCUT2D eigenvalue weighted by atomic mass is 16.5. The first-order valence-electron chi connectivity index (χ1n) is 3.66. The molecule has 0 saturated heterocycles. The first kappa shape index (κ1) is 8.74. The molecule has 1 rings (SSSR count). The van der Waals surface area contributed by atoms with Crippen LogP contribution in [-0.4, -0.2) is 16.7 Å². The van der Waals surface area contributed by atoms with E-state index in [9.17, 15) is 0 Å². The lowest BCUT2D eigenvalue weighted by atomic mass is 10.3. The Kier molecular flexibility index (Phi) is 3.29. The number of hydrogen-bond donors (Lipinski definition) is 1. The van der Waals surface area contributed by atoms with Crippen molar-refractivity contribution in [1.29, 1.82) is 0 Å². The number of rotatable bonds is 4. The highest BCUT2D eigenvalue weighted by molar-refractivity contribution is 5.29. The van der Waals surface area contributed by atoms with Gasteiger partial charge in [0.1, 0.15) is 12.4 Å². The lowest BCUT2D eigenvalue weighted by Gasteiger charge is -2.06. The molecule has 0 fully saturated rings. The summed E-state index contributed by atoms with van der Waals surface area (Å²) in [6.45, 7) is 3.91. The van der Waals surface area contributed by atoms with Crippen LogP contribution >= 0.6 is 0 Å². The Bertz CT molecular complexity index is 260. The summed E-state index contributed by atoms with van der Waals surface area (Å²) in [5, 5.41) is 8.87. The molecule has 1 heterocycles. The lowest BCUT2D eigenvalue weighted by molar-refractivity contribution is 0.269. The quantitative estimate of drug-likeness (QED) is 0.680. The third-order valence-electron chi connectivity index (χ3n) is 1.39. The van der Waals surface area contributed by atoms with Gasteiger partial charge in [-0.15, -0.1) is 0 Å². The molecule has 1 aromatic heterocycles. The number of hydrogen-bond acceptors (Lipinski definition) is 3. The fourth-order valence-electron chi connectivity index (χ4n) is 0.823. The molecule has 64 valence electrons. The van der Waals surface area contributed by atoms with Crippen molar-refractivity contribution in [3.63, 3.8) is 0 Å². The van der Waals surface area contributed by atoms with Crippen LogP contribution in [0.25, 0.3) is 0 Å². The Morgan fingerprint density at radius 2 is 2.50 bits per heavy atom. The molecule has 0 radical (unpaired) electrons. The van der Waals surface area contributed by atoms with Crippen LogP contribution in [0.15, 0.2) is 31.1 Å². The van der Waals surface area contributed by atoms with Crippen molar-refractivity contribution in [3.8, 4) is 5.75 Å². The van der Waals surface area contributed by atoms with E-state index in [0.29, 0.717) is 17.9 Å². The molecule has 1 N–H and O–H groups in total. The van der Waals surface area contributed by atoms with Crippen LogP contribution < -0.4 is 4.74 Å². The van der Waals surface area contributed by atoms with Crippen LogP contribution in [-0.2, 0) is 6.61 Å². The molecule has 0 amide bonds. The largest absolute Gasteiger partial charge is 0.489 e. The Labute approximate surface area is 71.3 Å². The summed E-state index contributed by atoms with van der Waals surface area (Å²) in [6, 6.07) is 1.72. The van der Waals surface area contributed by atoms with Crippen LogP contribution in [0.1, 0.15) is 5.56 Å². The molecule has 3 nitrogen and oxygen atoms in total. The number of nitrogens with zero attached hydrogens (tertiary/aromatic N) is 1. The van der Waals surface area contributed by atoms with E-state index in [0.717, 1.165) is 0 Å². The van der Waals surface area contributed by atoms with Crippen LogP contribution in [0.3, 0.4) is 0 Å². The molecular weight excluding hydrogens is 154 g/mol. The van der Waals surface area contributed by atoms with Crippen LogP contribution in [0.4, 0.5) is 0 Å². The summed E-state index contributed by atoms with van der Waals surface area (Å²) in [4.78, 5) is 3.86. The topological polar surface area (TPSA) is 42.4 Å². The maximum absolute atomic E-state index is 8.87. The highest BCUT2D eigenvalue weighted by Crippen LogP contribution is 2.15. The molecule has 0 aliphatic heterocycles. The van der Waals surface area contributed by atoms with Gasteiger partial charge in [0.15, 0.2) is 0 Å². The van der Waals surface area contributed by atoms with Crippen molar-refractivity contribution in [1.82, 2.24) is 4.98 Å². The average molecular weight is 165 g/mol. The zero-order valence-corrected chi connectivity index (χ0v) is 6.73. The Hall–Kier alpha value is -1.35. The summed E-state index contributed by atoms with van der Waals surface area (Å²) in [5.74, 6) is 0.660. The lowest BCUT2D eigenvalue weighted by Crippen LogP contribution is -1.97. The van der Waals surface area contributed by atoms with Crippen LogP contribution in [0.2, 0.25) is 0 Å². The third kappa shape index (κ3) is 2.07. The van der Waals surface area contributed by atoms with E-state index < -0.39 is 0 Å². The van der Waals surface area contributed by atoms with Gasteiger partial charge in [-0.2, -0.15) is 0 Å². The van der Waals surface area contributed by atoms with Gasteiger partial charge in [0.05, 0.1) is 6.61 Å². The van der Waals surface area contributed by atoms with E-state index in [1.54, 1.807) is 24.5 Å². The zero-order chi connectivity index (χ0) is 8.81. The summed E-state index contributed by atoms with van der Waals surface area (Å²) < 4.78 is 5.26. The van der Waals surface area contributed by atoms with Gasteiger partial charge in [-0.3, -0.25) is 4.98 Å². The van der Waals surface area contributed by atoms with E-state index in [-0.39, 0.29) is 6.61 Å². The van der Waals surface area contributed by atoms with Gasteiger partial charge in [-0.1, -0.05) is 12.7 Å². The highest BCUT2D eigenvalue weighted by Gasteiger charge is 1.99. The second kappa shape index (κ2) is 4.51. The molecular formula is C9H11NO2. The molecule has 3 heteroatoms. The smallest absolute Gasteiger partial charge is 0.128 e. The van der Waals surface area contributed by atoms with Gasteiger partial charge in [0, 0.05) is 18.0 Å². The molecule has 0 unspecified atom stereocenters.